The third kappa shape index (κ3) is 8.79. The van der Waals surface area contributed by atoms with E-state index in [0.29, 0.717) is 47.2 Å². The highest BCUT2D eigenvalue weighted by molar-refractivity contribution is 5.98. The summed E-state index contributed by atoms with van der Waals surface area (Å²) in [6.07, 6.45) is 20.8. The average Bonchev–Trinajstić information content (AvgIpc) is 3.70. The first kappa shape index (κ1) is 41.8. The Hall–Kier alpha value is -4.86. The lowest BCUT2D eigenvalue weighted by Crippen LogP contribution is -2.48. The molecule has 2 aliphatic heterocycles. The number of nitrogens with zero attached hydrogens (tertiary/aromatic N) is 4. The summed E-state index contributed by atoms with van der Waals surface area (Å²) in [4.78, 5) is 35.9. The van der Waals surface area contributed by atoms with E-state index in [-0.39, 0.29) is 37.0 Å². The second kappa shape index (κ2) is 17.2. The van der Waals surface area contributed by atoms with Crippen LogP contribution in [0.4, 0.5) is 11.4 Å². The fourth-order valence-corrected chi connectivity index (χ4v) is 15.9. The molecule has 10 aliphatic rings. The summed E-state index contributed by atoms with van der Waals surface area (Å²) in [5.74, 6) is 6.04. The molecule has 0 radical (unpaired) electrons. The number of amides is 2. The van der Waals surface area contributed by atoms with Gasteiger partial charge in [0.1, 0.15) is 13.1 Å². The molecule has 2 saturated heterocycles. The fourth-order valence-electron chi connectivity index (χ4n) is 15.9. The number of benzene rings is 3. The van der Waals surface area contributed by atoms with Crippen LogP contribution in [0, 0.1) is 57.2 Å². The van der Waals surface area contributed by atoms with E-state index < -0.39 is 0 Å². The van der Waals surface area contributed by atoms with Crippen LogP contribution in [0.5, 0.6) is 0 Å². The summed E-state index contributed by atoms with van der Waals surface area (Å²) in [6, 6.07) is 28.9. The van der Waals surface area contributed by atoms with Gasteiger partial charge in [-0.15, -0.1) is 0 Å². The Morgan fingerprint density at radius 2 is 0.875 bits per heavy atom. The van der Waals surface area contributed by atoms with Gasteiger partial charge in [-0.3, -0.25) is 20.4 Å². The quantitative estimate of drug-likeness (QED) is 0.114. The molecule has 8 bridgehead atoms. The minimum Gasteiger partial charge on any atom is -0.338 e. The van der Waals surface area contributed by atoms with Crippen molar-refractivity contribution in [3.63, 3.8) is 0 Å². The predicted octanol–water partition coefficient (Wildman–Crippen LogP) is 9.10. The van der Waals surface area contributed by atoms with Crippen molar-refractivity contribution in [2.75, 3.05) is 49.9 Å². The van der Waals surface area contributed by atoms with Gasteiger partial charge < -0.3 is 30.2 Å². The van der Waals surface area contributed by atoms with Crippen LogP contribution in [0.2, 0.25) is 0 Å². The standard InChI is InChI=1S/C54H70N8O2/c55-51-59(33-47(24-37-8-3-1-4-9-37)61(51)16-14-53-27-39-18-40(28-53)20-41(19-39)29-53)35-49(63)57-45-12-7-13-46(26-45)58-50(64)36-60-34-48(25-38-10-5-2-6-11-38)62(52(60)56)17-15-54-30-42-21-43(31-54)23-44(22-42)32-54/h1-13,26,39-44,47-48,55-56H,14-25,27-36H2,(H,57,63)(H,58,64)/t39?,40?,41?,42?,43?,44?,47-,48-,53?,54?/m0/s1. The van der Waals surface area contributed by atoms with Crippen molar-refractivity contribution in [1.82, 2.24) is 19.6 Å². The van der Waals surface area contributed by atoms with Crippen molar-refractivity contribution in [1.29, 1.82) is 10.8 Å². The van der Waals surface area contributed by atoms with Crippen molar-refractivity contribution in [3.8, 4) is 0 Å². The lowest BCUT2D eigenvalue weighted by molar-refractivity contribution is -0.117. The molecular formula is C54H70N8O2. The van der Waals surface area contributed by atoms with E-state index in [9.17, 15) is 20.4 Å². The van der Waals surface area contributed by atoms with Crippen molar-refractivity contribution >= 4 is 35.1 Å². The second-order valence-corrected chi connectivity index (χ2v) is 22.5. The zero-order valence-electron chi connectivity index (χ0n) is 37.9. The van der Waals surface area contributed by atoms with E-state index in [0.717, 1.165) is 74.3 Å². The minimum absolute atomic E-state index is 0.106. The number of carbonyl (C=O) groups is 2. The molecular weight excluding hydrogens is 793 g/mol. The van der Waals surface area contributed by atoms with Crippen LogP contribution in [-0.4, -0.2) is 94.7 Å². The maximum absolute atomic E-state index is 13.7. The molecule has 10 fully saturated rings. The number of rotatable bonds is 16. The zero-order valence-corrected chi connectivity index (χ0v) is 37.9. The van der Waals surface area contributed by atoms with Crippen LogP contribution in [0.15, 0.2) is 84.9 Å². The maximum Gasteiger partial charge on any atom is 0.244 e. The van der Waals surface area contributed by atoms with Crippen molar-refractivity contribution in [2.24, 2.45) is 46.3 Å². The summed E-state index contributed by atoms with van der Waals surface area (Å²) in [7, 11) is 0. The van der Waals surface area contributed by atoms with Crippen LogP contribution in [-0.2, 0) is 22.4 Å². The third-order valence-electron chi connectivity index (χ3n) is 17.7. The lowest BCUT2D eigenvalue weighted by Gasteiger charge is -2.57. The smallest absolute Gasteiger partial charge is 0.244 e. The van der Waals surface area contributed by atoms with Gasteiger partial charge in [-0.05, 0) is 178 Å². The van der Waals surface area contributed by atoms with Gasteiger partial charge in [-0.2, -0.15) is 0 Å². The van der Waals surface area contributed by atoms with Gasteiger partial charge >= 0.3 is 0 Å². The molecule has 2 atom stereocenters. The second-order valence-electron chi connectivity index (χ2n) is 22.5. The number of nitrogens with one attached hydrogen (secondary N) is 4. The van der Waals surface area contributed by atoms with Gasteiger partial charge in [0.25, 0.3) is 0 Å². The fraction of sp³-hybridized carbons (Fsp3) is 0.593. The molecule has 0 unspecified atom stereocenters. The summed E-state index contributed by atoms with van der Waals surface area (Å²) in [6.45, 7) is 3.27. The number of anilines is 2. The Morgan fingerprint density at radius 3 is 1.23 bits per heavy atom. The molecule has 13 rings (SSSR count). The Morgan fingerprint density at radius 1 is 0.516 bits per heavy atom. The Labute approximate surface area is 380 Å². The molecule has 0 aromatic heterocycles. The summed E-state index contributed by atoms with van der Waals surface area (Å²) in [5.41, 5.74) is 4.63. The highest BCUT2D eigenvalue weighted by Crippen LogP contribution is 2.62. The van der Waals surface area contributed by atoms with E-state index in [4.69, 9.17) is 0 Å². The molecule has 0 spiro atoms. The molecule has 2 amide bonds. The van der Waals surface area contributed by atoms with Gasteiger partial charge in [0.2, 0.25) is 11.8 Å². The first-order valence-electron chi connectivity index (χ1n) is 25.1. The maximum atomic E-state index is 13.7. The minimum atomic E-state index is -0.168. The zero-order chi connectivity index (χ0) is 43.4. The van der Waals surface area contributed by atoms with E-state index in [1.54, 1.807) is 0 Å². The number of hydrogen-bond acceptors (Lipinski definition) is 4. The number of guanidine groups is 2. The summed E-state index contributed by atoms with van der Waals surface area (Å²) in [5, 5.41) is 24.9. The highest BCUT2D eigenvalue weighted by Gasteiger charge is 2.52. The molecule has 10 nitrogen and oxygen atoms in total. The first-order valence-corrected chi connectivity index (χ1v) is 25.1. The molecule has 64 heavy (non-hydrogen) atoms. The van der Waals surface area contributed by atoms with Gasteiger partial charge in [0, 0.05) is 37.6 Å². The normalized spacial score (nSPS) is 33.4. The van der Waals surface area contributed by atoms with Gasteiger partial charge in [0.15, 0.2) is 11.9 Å². The van der Waals surface area contributed by atoms with Crippen LogP contribution in [0.25, 0.3) is 0 Å². The van der Waals surface area contributed by atoms with E-state index in [2.05, 4.69) is 81.1 Å². The summed E-state index contributed by atoms with van der Waals surface area (Å²) < 4.78 is 0. The third-order valence-corrected chi connectivity index (χ3v) is 17.7. The highest BCUT2D eigenvalue weighted by atomic mass is 16.2. The van der Waals surface area contributed by atoms with Crippen molar-refractivity contribution < 1.29 is 9.59 Å². The van der Waals surface area contributed by atoms with Gasteiger partial charge in [-0.25, -0.2) is 0 Å². The SMILES string of the molecule is N=C1N(CC(=O)Nc2cccc(NC(=O)CN3C[C@H](Cc4ccccc4)N(CCC45CC6CC(CC(C6)C4)C5)C3=N)c2)C[C@H](Cc2ccccc2)N1CCC12CC3CC(CC(C3)C1)C2. The largest absolute Gasteiger partial charge is 0.338 e. The molecule has 4 N–H and O–H groups in total. The van der Waals surface area contributed by atoms with E-state index in [1.807, 2.05) is 34.1 Å². The van der Waals surface area contributed by atoms with Crippen molar-refractivity contribution in [3.05, 3.63) is 96.1 Å². The van der Waals surface area contributed by atoms with Crippen LogP contribution in [0.1, 0.15) is 101 Å². The Kier molecular flexibility index (Phi) is 11.2. The molecule has 338 valence electrons. The monoisotopic (exact) mass is 863 g/mol. The van der Waals surface area contributed by atoms with Crippen LogP contribution >= 0.6 is 0 Å². The average molecular weight is 863 g/mol. The molecule has 8 saturated carbocycles. The van der Waals surface area contributed by atoms with E-state index >= 15 is 0 Å². The Bertz CT molecular complexity index is 1990. The Balaban J connectivity index is 0.705. The van der Waals surface area contributed by atoms with E-state index in [1.165, 1.54) is 88.2 Å². The summed E-state index contributed by atoms with van der Waals surface area (Å²) >= 11 is 0. The van der Waals surface area contributed by atoms with Crippen LogP contribution < -0.4 is 10.6 Å². The topological polar surface area (TPSA) is 119 Å². The number of carbonyl (C=O) groups excluding carboxylic acids is 2. The molecule has 8 aliphatic carbocycles. The predicted molar refractivity (Wildman–Crippen MR) is 254 cm³/mol. The molecule has 3 aromatic rings. The molecule has 2 heterocycles. The molecule has 3 aromatic carbocycles. The lowest BCUT2D eigenvalue weighted by atomic mass is 9.49. The van der Waals surface area contributed by atoms with Crippen molar-refractivity contribution in [2.45, 2.75) is 115 Å². The first-order chi connectivity index (χ1) is 31.1. The van der Waals surface area contributed by atoms with Crippen LogP contribution in [0.3, 0.4) is 0 Å². The number of hydrogen-bond donors (Lipinski definition) is 4. The van der Waals surface area contributed by atoms with Gasteiger partial charge in [0.05, 0.1) is 12.1 Å². The molecule has 10 heteroatoms. The van der Waals surface area contributed by atoms with Gasteiger partial charge in [-0.1, -0.05) is 66.7 Å².